The molecule has 6 aliphatic carbocycles. The molecule has 2 bridgehead atoms. The Labute approximate surface area is 610 Å². The Morgan fingerprint density at radius 2 is 1.31 bits per heavy atom. The first-order valence-corrected chi connectivity index (χ1v) is 37.9. The lowest BCUT2D eigenvalue weighted by molar-refractivity contribution is -0.118. The maximum absolute atomic E-state index is 14.7. The molecule has 1 spiro atoms. The van der Waals surface area contributed by atoms with E-state index in [0.717, 1.165) is 113 Å². The van der Waals surface area contributed by atoms with Crippen LogP contribution in [0.4, 0.5) is 29.7 Å². The number of amides is 6. The van der Waals surface area contributed by atoms with Crippen molar-refractivity contribution in [1.29, 1.82) is 0 Å². The van der Waals surface area contributed by atoms with E-state index in [2.05, 4.69) is 44.2 Å². The summed E-state index contributed by atoms with van der Waals surface area (Å²) < 4.78 is 57.5. The number of ketones is 1. The van der Waals surface area contributed by atoms with Crippen LogP contribution in [-0.2, 0) is 54.8 Å². The first kappa shape index (κ1) is 83.8. The monoisotopic (exact) mass is 1470 g/mol. The van der Waals surface area contributed by atoms with Crippen molar-refractivity contribution in [2.45, 2.75) is 186 Å². The number of aliphatic hydroxyl groups is 1. The maximum atomic E-state index is 14.7. The van der Waals surface area contributed by atoms with Crippen molar-refractivity contribution in [3.63, 3.8) is 0 Å². The number of nitrogens with two attached hydrogens (primary N) is 1. The summed E-state index contributed by atoms with van der Waals surface area (Å²) >= 11 is 6.47. The number of halogens is 2. The maximum Gasteiger partial charge on any atom is 0.409 e. The van der Waals surface area contributed by atoms with Crippen molar-refractivity contribution >= 4 is 81.6 Å². The lowest BCUT2D eigenvalue weighted by atomic mass is 9.68. The van der Waals surface area contributed by atoms with Crippen LogP contribution in [0.1, 0.15) is 160 Å². The molecule has 2 heterocycles. The number of methoxy groups -OCH3 is 1. The molecule has 2 aromatic rings. The van der Waals surface area contributed by atoms with Gasteiger partial charge in [0.2, 0.25) is 0 Å². The van der Waals surface area contributed by atoms with Gasteiger partial charge in [-0.1, -0.05) is 36.7 Å². The molecule has 0 radical (unpaired) electrons. The summed E-state index contributed by atoms with van der Waals surface area (Å²) in [5.74, 6) is 2.05. The minimum Gasteiger partial charge on any atom is -0.490 e. The predicted molar refractivity (Wildman–Crippen MR) is 393 cm³/mol. The number of carbonyl (C=O) groups is 7. The number of carbonyl (C=O) groups excluding carboxylic acids is 7. The molecule has 5 N–H and O–H groups in total. The van der Waals surface area contributed by atoms with Crippen LogP contribution in [-0.4, -0.2) is 209 Å². The molecular formula is C74H116Cl2N8O16S. The highest BCUT2D eigenvalue weighted by atomic mass is 35.5. The van der Waals surface area contributed by atoms with Gasteiger partial charge in [-0.3, -0.25) is 9.59 Å². The van der Waals surface area contributed by atoms with Crippen LogP contribution in [0.3, 0.4) is 0 Å². The summed E-state index contributed by atoms with van der Waals surface area (Å²) in [6.07, 6.45) is 15.4. The zero-order chi connectivity index (χ0) is 73.4. The van der Waals surface area contributed by atoms with Gasteiger partial charge >= 0.3 is 30.5 Å². The van der Waals surface area contributed by atoms with Crippen molar-refractivity contribution in [3.8, 4) is 5.75 Å². The molecule has 0 unspecified atom stereocenters. The van der Waals surface area contributed by atoms with E-state index in [1.807, 2.05) is 66.7 Å². The SMILES string of the molecule is CC(C)(C)OC(=O)NC1CC(CO)C1.CN(C)C(=O)OCC1CC(N)C1.CN(C)C(=O)OCC1CC(NC(=O)OC(C)(C)C)C1.CO[C@H]1/C=C/C[C@H](C)C[S@@](=O)(CC(=O)CC2CC(COC(=O)N(C)C)C2)=NC(=O)c2ccc3c(c2)N(C[C@@H]2CC[C@H]21)C[C@@]1(CCCc2cc(Cl)ccc21)CO3.Cl. The third-order valence-corrected chi connectivity index (χ3v) is 22.3. The van der Waals surface area contributed by atoms with Gasteiger partial charge in [0.15, 0.2) is 0 Å². The van der Waals surface area contributed by atoms with Crippen molar-refractivity contribution in [1.82, 2.24) is 25.3 Å². The Morgan fingerprint density at radius 1 is 0.762 bits per heavy atom. The Bertz CT molecular complexity index is 3270. The number of aryl methyl sites for hydroxylation is 1. The second-order valence-corrected chi connectivity index (χ2v) is 34.5. The summed E-state index contributed by atoms with van der Waals surface area (Å²) in [6.45, 7) is 16.5. The Kier molecular flexibility index (Phi) is 31.2. The van der Waals surface area contributed by atoms with Gasteiger partial charge in [-0.25, -0.2) is 28.2 Å². The molecule has 6 atom stereocenters. The second-order valence-electron chi connectivity index (χ2n) is 31.7. The van der Waals surface area contributed by atoms with Crippen molar-refractivity contribution in [3.05, 3.63) is 70.3 Å². The van der Waals surface area contributed by atoms with E-state index in [0.29, 0.717) is 74.0 Å². The molecule has 2 aliphatic heterocycles. The smallest absolute Gasteiger partial charge is 0.409 e. The molecular weight excluding hydrogens is 1360 g/mol. The minimum absolute atomic E-state index is 0. The number of ether oxygens (including phenoxy) is 7. The molecule has 0 saturated heterocycles. The molecule has 8 aliphatic rings. The van der Waals surface area contributed by atoms with Gasteiger partial charge in [0.1, 0.15) is 22.7 Å². The normalized spacial score (nSPS) is 28.7. The van der Waals surface area contributed by atoms with E-state index in [1.54, 1.807) is 55.5 Å². The number of alkyl carbamates (subject to hydrolysis) is 2. The number of hydrogen-bond acceptors (Lipinski definition) is 18. The largest absolute Gasteiger partial charge is 0.490 e. The lowest BCUT2D eigenvalue weighted by Crippen LogP contribution is -2.49. The summed E-state index contributed by atoms with van der Waals surface area (Å²) in [5.41, 5.74) is 8.14. The number of aliphatic hydroxyl groups excluding tert-OH is 1. The van der Waals surface area contributed by atoms with E-state index < -0.39 is 26.8 Å². The zero-order valence-corrected chi connectivity index (χ0v) is 64.5. The van der Waals surface area contributed by atoms with Gasteiger partial charge in [0, 0.05) is 115 Å². The van der Waals surface area contributed by atoms with Gasteiger partial charge in [-0.15, -0.1) is 12.4 Å². The van der Waals surface area contributed by atoms with Gasteiger partial charge in [-0.2, -0.15) is 4.36 Å². The highest BCUT2D eigenvalue weighted by Gasteiger charge is 2.45. The number of benzene rings is 2. The van der Waals surface area contributed by atoms with Crippen LogP contribution < -0.4 is 26.0 Å². The van der Waals surface area contributed by atoms with E-state index in [-0.39, 0.29) is 115 Å². The number of anilines is 1. The third-order valence-electron chi connectivity index (χ3n) is 19.7. The van der Waals surface area contributed by atoms with Crippen LogP contribution in [0.15, 0.2) is 52.9 Å². The van der Waals surface area contributed by atoms with Gasteiger partial charge in [-0.05, 0) is 220 Å². The highest BCUT2D eigenvalue weighted by Crippen LogP contribution is 2.48. The molecule has 24 nitrogen and oxygen atoms in total. The molecule has 10 rings (SSSR count). The molecule has 2 aromatic carbocycles. The Balaban J connectivity index is 0.000000281. The lowest BCUT2D eigenvalue weighted by Gasteiger charge is -2.46. The molecule has 0 aromatic heterocycles. The molecule has 568 valence electrons. The first-order valence-electron chi connectivity index (χ1n) is 35.7. The fourth-order valence-electron chi connectivity index (χ4n) is 14.1. The first-order chi connectivity index (χ1) is 47.0. The number of nitrogens with one attached hydrogen (secondary N) is 2. The van der Waals surface area contributed by atoms with Gasteiger partial charge < -0.3 is 74.2 Å². The van der Waals surface area contributed by atoms with Crippen molar-refractivity contribution in [2.75, 3.05) is 112 Å². The van der Waals surface area contributed by atoms with E-state index >= 15 is 0 Å². The average molecular weight is 1480 g/mol. The van der Waals surface area contributed by atoms with Crippen LogP contribution >= 0.6 is 24.0 Å². The zero-order valence-electron chi connectivity index (χ0n) is 62.1. The quantitative estimate of drug-likeness (QED) is 0.101. The molecule has 6 amide bonds. The van der Waals surface area contributed by atoms with Crippen molar-refractivity contribution in [2.24, 2.45) is 57.4 Å². The molecule has 101 heavy (non-hydrogen) atoms. The van der Waals surface area contributed by atoms with Crippen LogP contribution in [0, 0.1) is 47.3 Å². The number of rotatable bonds is 14. The summed E-state index contributed by atoms with van der Waals surface area (Å²) in [7, 11) is 8.47. The molecule has 27 heteroatoms. The van der Waals surface area contributed by atoms with Crippen LogP contribution in [0.5, 0.6) is 5.75 Å². The minimum atomic E-state index is -3.24. The Morgan fingerprint density at radius 3 is 1.81 bits per heavy atom. The summed E-state index contributed by atoms with van der Waals surface area (Å²) in [6, 6.07) is 12.3. The topological polar surface area (TPSA) is 297 Å². The van der Waals surface area contributed by atoms with Gasteiger partial charge in [0.25, 0.3) is 5.91 Å². The second kappa shape index (κ2) is 37.5. The molecule has 5 saturated carbocycles. The highest BCUT2D eigenvalue weighted by molar-refractivity contribution is 7.94. The summed E-state index contributed by atoms with van der Waals surface area (Å²) in [5, 5.41) is 15.1. The third kappa shape index (κ3) is 25.9. The van der Waals surface area contributed by atoms with Crippen molar-refractivity contribution < 1.29 is 76.0 Å². The number of nitrogens with zero attached hydrogens (tertiary/aromatic N) is 5. The Hall–Kier alpha value is -6.12. The number of allylic oxidation sites excluding steroid dienone is 1. The number of fused-ring (bicyclic) bond motifs is 4. The average Bonchev–Trinajstić information content (AvgIpc) is 1.70. The standard InChI is InChI=1S/C43H56ClN3O7S.C13H24N2O4.C10H19NO3.C8H16N2O2.ClH/c1-28-7-5-9-39(52-4)36-13-10-33(36)22-47-26-43(16-6-8-31-20-34(44)12-14-37(31)43)27-54-40-15-11-32(21-38(40)47)41(49)45-55(51,24-28)25-35(48)19-29-17-30(18-29)23-53-42(50)46(2)3;1-13(2,3)19-11(16)14-10-6-9(7-10)8-18-12(17)15(4)5;1-10(2,3)14-9(13)11-8-4-7(5-8)6-12;1-10(2)8(11)12-5-6-3-7(9)4-6;/h5,9,11-12,14-15,20-21,28-30,33,36,39H,6-8,10,13,16-19,22-27H2,1-4H3;9-10H,6-8H2,1-5H3,(H,14,16);7-8,12H,4-6H2,1-3H3,(H,11,13);6-7H,3-5,9H2,1-2H3;1H/b9-5+;;;;/t28-,29?,30?,33-,36+,39-,43-,55+;;;;/m0..../s1. The van der Waals surface area contributed by atoms with Gasteiger partial charge in [0.05, 0.1) is 53.7 Å². The van der Waals surface area contributed by atoms with Crippen LogP contribution in [0.25, 0.3) is 0 Å². The fourth-order valence-corrected chi connectivity index (χ4v) is 16.6. The number of hydrogen-bond donors (Lipinski definition) is 4. The fraction of sp³-hybridized carbons (Fsp3) is 0.716. The number of Topliss-reactive ketones (excluding diaryl/α,β-unsaturated/α-hetero) is 1. The van der Waals surface area contributed by atoms with E-state index in [9.17, 15) is 37.8 Å². The predicted octanol–water partition coefficient (Wildman–Crippen LogP) is 11.9. The van der Waals surface area contributed by atoms with E-state index in [1.165, 1.54) is 25.8 Å². The molecule has 5 fully saturated rings. The van der Waals surface area contributed by atoms with Crippen LogP contribution in [0.2, 0.25) is 5.02 Å². The summed E-state index contributed by atoms with van der Waals surface area (Å²) in [4.78, 5) is 91.0. The van der Waals surface area contributed by atoms with E-state index in [4.69, 9.17) is 55.6 Å².